The Bertz CT molecular complexity index is 278. The van der Waals surface area contributed by atoms with Crippen LogP contribution in [0.2, 0.25) is 0 Å². The van der Waals surface area contributed by atoms with Crippen LogP contribution in [0.4, 0.5) is 0 Å². The second kappa shape index (κ2) is 5.10. The van der Waals surface area contributed by atoms with E-state index in [1.54, 1.807) is 11.3 Å². The SMILES string of the molecule is NC1(COCc2ccsc2)CCCCC1. The third kappa shape index (κ3) is 3.30. The second-order valence-corrected chi connectivity index (χ2v) is 5.33. The van der Waals surface area contributed by atoms with Gasteiger partial charge in [0.25, 0.3) is 0 Å². The van der Waals surface area contributed by atoms with E-state index in [-0.39, 0.29) is 5.54 Å². The van der Waals surface area contributed by atoms with Crippen LogP contribution in [0.15, 0.2) is 16.8 Å². The van der Waals surface area contributed by atoms with Gasteiger partial charge in [0.15, 0.2) is 0 Å². The maximum absolute atomic E-state index is 6.28. The molecule has 3 heteroatoms. The fraction of sp³-hybridized carbons (Fsp3) is 0.667. The highest BCUT2D eigenvalue weighted by Crippen LogP contribution is 2.26. The summed E-state index contributed by atoms with van der Waals surface area (Å²) in [6, 6.07) is 2.11. The van der Waals surface area contributed by atoms with E-state index in [1.807, 2.05) is 0 Å². The summed E-state index contributed by atoms with van der Waals surface area (Å²) in [5.74, 6) is 0. The maximum Gasteiger partial charge on any atom is 0.0725 e. The first-order valence-electron chi connectivity index (χ1n) is 5.66. The van der Waals surface area contributed by atoms with E-state index in [0.29, 0.717) is 13.2 Å². The Kier molecular flexibility index (Phi) is 3.78. The Labute approximate surface area is 95.4 Å². The molecule has 1 saturated carbocycles. The molecule has 1 aromatic heterocycles. The molecule has 2 nitrogen and oxygen atoms in total. The van der Waals surface area contributed by atoms with E-state index in [1.165, 1.54) is 24.8 Å². The molecular weight excluding hydrogens is 206 g/mol. The van der Waals surface area contributed by atoms with Crippen LogP contribution < -0.4 is 5.73 Å². The smallest absolute Gasteiger partial charge is 0.0725 e. The lowest BCUT2D eigenvalue weighted by molar-refractivity contribution is 0.0576. The number of ether oxygens (including phenoxy) is 1. The monoisotopic (exact) mass is 225 g/mol. The van der Waals surface area contributed by atoms with Gasteiger partial charge >= 0.3 is 0 Å². The third-order valence-electron chi connectivity index (χ3n) is 3.09. The van der Waals surface area contributed by atoms with Crippen molar-refractivity contribution < 1.29 is 4.74 Å². The maximum atomic E-state index is 6.28. The largest absolute Gasteiger partial charge is 0.375 e. The molecular formula is C12H19NOS. The van der Waals surface area contributed by atoms with Crippen LogP contribution in [0.1, 0.15) is 37.7 Å². The molecule has 0 bridgehead atoms. The highest BCUT2D eigenvalue weighted by Gasteiger charge is 2.27. The van der Waals surface area contributed by atoms with Crippen LogP contribution in [0.5, 0.6) is 0 Å². The molecule has 1 heterocycles. The van der Waals surface area contributed by atoms with E-state index in [4.69, 9.17) is 10.5 Å². The van der Waals surface area contributed by atoms with Gasteiger partial charge in [-0.05, 0) is 35.2 Å². The van der Waals surface area contributed by atoms with Crippen LogP contribution in [0.3, 0.4) is 0 Å². The van der Waals surface area contributed by atoms with Crippen molar-refractivity contribution in [3.05, 3.63) is 22.4 Å². The first kappa shape index (κ1) is 11.1. The van der Waals surface area contributed by atoms with Gasteiger partial charge in [-0.25, -0.2) is 0 Å². The van der Waals surface area contributed by atoms with Crippen molar-refractivity contribution in [1.82, 2.24) is 0 Å². The molecule has 0 radical (unpaired) electrons. The summed E-state index contributed by atoms with van der Waals surface area (Å²) in [6.07, 6.45) is 6.10. The molecule has 0 saturated heterocycles. The van der Waals surface area contributed by atoms with Gasteiger partial charge in [0.2, 0.25) is 0 Å². The first-order chi connectivity index (χ1) is 7.29. The molecule has 1 aliphatic carbocycles. The van der Waals surface area contributed by atoms with Crippen LogP contribution in [0.25, 0.3) is 0 Å². The van der Waals surface area contributed by atoms with Gasteiger partial charge < -0.3 is 10.5 Å². The highest BCUT2D eigenvalue weighted by atomic mass is 32.1. The van der Waals surface area contributed by atoms with Crippen molar-refractivity contribution in [3.8, 4) is 0 Å². The number of hydrogen-bond donors (Lipinski definition) is 1. The fourth-order valence-electron chi connectivity index (χ4n) is 2.15. The van der Waals surface area contributed by atoms with Gasteiger partial charge in [-0.1, -0.05) is 19.3 Å². The normalized spacial score (nSPS) is 20.3. The van der Waals surface area contributed by atoms with Crippen LogP contribution >= 0.6 is 11.3 Å². The zero-order valence-corrected chi connectivity index (χ0v) is 9.89. The molecule has 1 fully saturated rings. The van der Waals surface area contributed by atoms with Crippen molar-refractivity contribution in [2.45, 2.75) is 44.2 Å². The first-order valence-corrected chi connectivity index (χ1v) is 6.61. The lowest BCUT2D eigenvalue weighted by Gasteiger charge is -2.32. The molecule has 0 spiro atoms. The minimum Gasteiger partial charge on any atom is -0.375 e. The quantitative estimate of drug-likeness (QED) is 0.855. The topological polar surface area (TPSA) is 35.2 Å². The van der Waals surface area contributed by atoms with E-state index in [0.717, 1.165) is 12.8 Å². The van der Waals surface area contributed by atoms with Crippen molar-refractivity contribution in [2.75, 3.05) is 6.61 Å². The van der Waals surface area contributed by atoms with Gasteiger partial charge in [-0.3, -0.25) is 0 Å². The third-order valence-corrected chi connectivity index (χ3v) is 3.82. The van der Waals surface area contributed by atoms with Crippen molar-refractivity contribution in [3.63, 3.8) is 0 Å². The van der Waals surface area contributed by atoms with Gasteiger partial charge in [0, 0.05) is 5.54 Å². The van der Waals surface area contributed by atoms with Gasteiger partial charge in [0.05, 0.1) is 13.2 Å². The van der Waals surface area contributed by atoms with Gasteiger partial charge in [-0.2, -0.15) is 11.3 Å². The van der Waals surface area contributed by atoms with E-state index >= 15 is 0 Å². The molecule has 84 valence electrons. The summed E-state index contributed by atoms with van der Waals surface area (Å²) in [6.45, 7) is 1.42. The Morgan fingerprint density at radius 2 is 2.13 bits per heavy atom. The number of rotatable bonds is 4. The summed E-state index contributed by atoms with van der Waals surface area (Å²) in [5, 5.41) is 4.21. The Morgan fingerprint density at radius 1 is 1.33 bits per heavy atom. The second-order valence-electron chi connectivity index (χ2n) is 4.55. The molecule has 2 N–H and O–H groups in total. The van der Waals surface area contributed by atoms with E-state index in [2.05, 4.69) is 16.8 Å². The summed E-state index contributed by atoms with van der Waals surface area (Å²) < 4.78 is 5.70. The number of thiophene rings is 1. The molecule has 1 aliphatic rings. The average Bonchev–Trinajstić information content (AvgIpc) is 2.71. The van der Waals surface area contributed by atoms with Crippen LogP contribution in [-0.2, 0) is 11.3 Å². The standard InChI is InChI=1S/C12H19NOS/c13-12(5-2-1-3-6-12)10-14-8-11-4-7-15-9-11/h4,7,9H,1-3,5-6,8,10,13H2. The molecule has 0 unspecified atom stereocenters. The Hall–Kier alpha value is -0.380. The molecule has 0 aromatic carbocycles. The zero-order valence-electron chi connectivity index (χ0n) is 9.08. The Morgan fingerprint density at radius 3 is 2.80 bits per heavy atom. The minimum absolute atomic E-state index is 0.0473. The molecule has 0 aliphatic heterocycles. The van der Waals surface area contributed by atoms with E-state index < -0.39 is 0 Å². The zero-order chi connectivity index (χ0) is 10.6. The fourth-order valence-corrected chi connectivity index (χ4v) is 2.80. The van der Waals surface area contributed by atoms with Gasteiger partial charge in [-0.15, -0.1) is 0 Å². The molecule has 15 heavy (non-hydrogen) atoms. The predicted molar refractivity (Wildman–Crippen MR) is 64.0 cm³/mol. The summed E-state index contributed by atoms with van der Waals surface area (Å²) in [4.78, 5) is 0. The van der Waals surface area contributed by atoms with Crippen molar-refractivity contribution in [1.29, 1.82) is 0 Å². The van der Waals surface area contributed by atoms with Gasteiger partial charge in [0.1, 0.15) is 0 Å². The Balaban J connectivity index is 1.72. The molecule has 2 rings (SSSR count). The minimum atomic E-state index is -0.0473. The lowest BCUT2D eigenvalue weighted by Crippen LogP contribution is -2.46. The molecule has 0 atom stereocenters. The predicted octanol–water partition coefficient (Wildman–Crippen LogP) is 2.93. The summed E-state index contributed by atoms with van der Waals surface area (Å²) in [7, 11) is 0. The summed E-state index contributed by atoms with van der Waals surface area (Å²) in [5.41, 5.74) is 7.49. The molecule has 0 amide bonds. The number of nitrogens with two attached hydrogens (primary N) is 1. The highest BCUT2D eigenvalue weighted by molar-refractivity contribution is 7.07. The average molecular weight is 225 g/mol. The van der Waals surface area contributed by atoms with Crippen molar-refractivity contribution >= 4 is 11.3 Å². The van der Waals surface area contributed by atoms with Crippen LogP contribution in [-0.4, -0.2) is 12.1 Å². The van der Waals surface area contributed by atoms with E-state index in [9.17, 15) is 0 Å². The summed E-state index contributed by atoms with van der Waals surface area (Å²) >= 11 is 1.71. The van der Waals surface area contributed by atoms with Crippen molar-refractivity contribution in [2.24, 2.45) is 5.73 Å². The molecule has 1 aromatic rings. The van der Waals surface area contributed by atoms with Crippen LogP contribution in [0, 0.1) is 0 Å². The lowest BCUT2D eigenvalue weighted by atomic mass is 9.83. The number of hydrogen-bond acceptors (Lipinski definition) is 3.